The SMILES string of the molecule is Cn1c(Br)cc(C2CC3CC(=O)CC3C2)c1C(=O)Nc1ccc(F)c(Cl)c1. The molecule has 0 aliphatic heterocycles. The van der Waals surface area contributed by atoms with Crippen molar-refractivity contribution in [2.75, 3.05) is 5.32 Å². The van der Waals surface area contributed by atoms with Crippen molar-refractivity contribution in [1.82, 2.24) is 4.57 Å². The van der Waals surface area contributed by atoms with Gasteiger partial charge in [-0.25, -0.2) is 4.39 Å². The van der Waals surface area contributed by atoms with Gasteiger partial charge in [0, 0.05) is 25.6 Å². The van der Waals surface area contributed by atoms with Crippen LogP contribution in [0.15, 0.2) is 28.9 Å². The van der Waals surface area contributed by atoms with E-state index in [4.69, 9.17) is 11.6 Å². The normalized spacial score (nSPS) is 24.3. The van der Waals surface area contributed by atoms with Crippen LogP contribution < -0.4 is 5.32 Å². The fourth-order valence-corrected chi connectivity index (χ4v) is 5.19. The first kappa shape index (κ1) is 18.7. The molecule has 0 saturated heterocycles. The fraction of sp³-hybridized carbons (Fsp3) is 0.400. The van der Waals surface area contributed by atoms with Gasteiger partial charge in [-0.1, -0.05) is 11.6 Å². The number of fused-ring (bicyclic) bond motifs is 1. The Labute approximate surface area is 170 Å². The summed E-state index contributed by atoms with van der Waals surface area (Å²) in [4.78, 5) is 24.7. The fourth-order valence-electron chi connectivity index (χ4n) is 4.59. The van der Waals surface area contributed by atoms with E-state index >= 15 is 0 Å². The third-order valence-electron chi connectivity index (χ3n) is 5.86. The summed E-state index contributed by atoms with van der Waals surface area (Å²) in [6.07, 6.45) is 3.22. The molecule has 2 saturated carbocycles. The van der Waals surface area contributed by atoms with Gasteiger partial charge >= 0.3 is 0 Å². The van der Waals surface area contributed by atoms with E-state index in [9.17, 15) is 14.0 Å². The number of anilines is 1. The molecule has 2 aromatic rings. The zero-order valence-electron chi connectivity index (χ0n) is 14.8. The lowest BCUT2D eigenvalue weighted by molar-refractivity contribution is -0.117. The third kappa shape index (κ3) is 3.45. The molecule has 2 aliphatic rings. The number of ketones is 1. The number of amides is 1. The lowest BCUT2D eigenvalue weighted by Gasteiger charge is -2.14. The van der Waals surface area contributed by atoms with Crippen LogP contribution in [0.4, 0.5) is 10.1 Å². The number of halogens is 3. The maximum atomic E-state index is 13.4. The van der Waals surface area contributed by atoms with Crippen LogP contribution >= 0.6 is 27.5 Å². The number of hydrogen-bond acceptors (Lipinski definition) is 2. The molecule has 1 N–H and O–H groups in total. The Bertz CT molecular complexity index is 926. The molecular formula is C20H19BrClFN2O2. The van der Waals surface area contributed by atoms with E-state index in [-0.39, 0.29) is 16.8 Å². The molecule has 2 aliphatic carbocycles. The first-order chi connectivity index (χ1) is 12.8. The molecule has 4 rings (SSSR count). The standard InChI is InChI=1S/C20H19BrClFN2O2/c1-25-18(21)9-15(12-4-10-6-14(26)7-11(10)5-12)19(25)20(27)24-13-2-3-17(23)16(22)8-13/h2-3,8-12H,4-7H2,1H3,(H,24,27). The quantitative estimate of drug-likeness (QED) is 0.685. The molecule has 27 heavy (non-hydrogen) atoms. The van der Waals surface area contributed by atoms with Crippen LogP contribution in [0.3, 0.4) is 0 Å². The van der Waals surface area contributed by atoms with E-state index in [1.807, 2.05) is 17.7 Å². The van der Waals surface area contributed by atoms with Crippen molar-refractivity contribution in [2.24, 2.45) is 18.9 Å². The van der Waals surface area contributed by atoms with E-state index in [0.29, 0.717) is 41.8 Å². The minimum absolute atomic E-state index is 0.0330. The summed E-state index contributed by atoms with van der Waals surface area (Å²) in [6.45, 7) is 0. The summed E-state index contributed by atoms with van der Waals surface area (Å²) < 4.78 is 16.0. The minimum atomic E-state index is -0.524. The van der Waals surface area contributed by atoms with Crippen LogP contribution in [0.1, 0.15) is 47.7 Å². The van der Waals surface area contributed by atoms with Crippen LogP contribution in [0.5, 0.6) is 0 Å². The first-order valence-electron chi connectivity index (χ1n) is 8.96. The van der Waals surface area contributed by atoms with Gasteiger partial charge in [-0.05, 0) is 76.4 Å². The first-order valence-corrected chi connectivity index (χ1v) is 10.1. The van der Waals surface area contributed by atoms with Gasteiger partial charge in [-0.15, -0.1) is 0 Å². The molecule has 0 spiro atoms. The molecule has 1 aromatic carbocycles. The molecular weight excluding hydrogens is 435 g/mol. The number of carbonyl (C=O) groups excluding carboxylic acids is 2. The van der Waals surface area contributed by atoms with Crippen molar-refractivity contribution < 1.29 is 14.0 Å². The second-order valence-corrected chi connectivity index (χ2v) is 8.77. The summed E-state index contributed by atoms with van der Waals surface area (Å²) in [6, 6.07) is 6.12. The highest BCUT2D eigenvalue weighted by atomic mass is 79.9. The third-order valence-corrected chi connectivity index (χ3v) is 6.91. The molecule has 0 radical (unpaired) electrons. The van der Waals surface area contributed by atoms with E-state index in [0.717, 1.165) is 23.0 Å². The minimum Gasteiger partial charge on any atom is -0.334 e. The molecule has 2 fully saturated rings. The number of benzene rings is 1. The number of carbonyl (C=O) groups is 2. The Morgan fingerprint density at radius 3 is 2.56 bits per heavy atom. The summed E-state index contributed by atoms with van der Waals surface area (Å²) in [5, 5.41) is 2.78. The zero-order chi connectivity index (χ0) is 19.3. The molecule has 2 atom stereocenters. The molecule has 0 bridgehead atoms. The Hall–Kier alpha value is -1.66. The van der Waals surface area contributed by atoms with Gasteiger partial charge in [0.1, 0.15) is 17.3 Å². The van der Waals surface area contributed by atoms with Crippen LogP contribution in [-0.2, 0) is 11.8 Å². The molecule has 1 heterocycles. The van der Waals surface area contributed by atoms with Gasteiger partial charge in [-0.2, -0.15) is 0 Å². The van der Waals surface area contributed by atoms with Crippen molar-refractivity contribution in [3.8, 4) is 0 Å². The van der Waals surface area contributed by atoms with Crippen molar-refractivity contribution in [3.05, 3.63) is 51.0 Å². The molecule has 1 aromatic heterocycles. The van der Waals surface area contributed by atoms with E-state index < -0.39 is 5.82 Å². The monoisotopic (exact) mass is 452 g/mol. The highest BCUT2D eigenvalue weighted by Crippen LogP contribution is 2.50. The van der Waals surface area contributed by atoms with Gasteiger partial charge < -0.3 is 9.88 Å². The van der Waals surface area contributed by atoms with Gasteiger partial charge in [0.2, 0.25) is 0 Å². The van der Waals surface area contributed by atoms with Crippen LogP contribution in [0.25, 0.3) is 0 Å². The van der Waals surface area contributed by atoms with Crippen LogP contribution in [0, 0.1) is 17.7 Å². The smallest absolute Gasteiger partial charge is 0.272 e. The molecule has 1 amide bonds. The maximum absolute atomic E-state index is 13.4. The van der Waals surface area contributed by atoms with Gasteiger partial charge in [0.25, 0.3) is 5.91 Å². The second-order valence-electron chi connectivity index (χ2n) is 7.55. The molecule has 7 heteroatoms. The van der Waals surface area contributed by atoms with Crippen molar-refractivity contribution in [1.29, 1.82) is 0 Å². The largest absolute Gasteiger partial charge is 0.334 e. The van der Waals surface area contributed by atoms with Crippen LogP contribution in [0.2, 0.25) is 5.02 Å². The molecule has 2 unspecified atom stereocenters. The Balaban J connectivity index is 1.60. The molecule has 4 nitrogen and oxygen atoms in total. The zero-order valence-corrected chi connectivity index (χ0v) is 17.1. The lowest BCUT2D eigenvalue weighted by Crippen LogP contribution is -2.18. The Kier molecular flexibility index (Phi) is 4.89. The Morgan fingerprint density at radius 2 is 1.93 bits per heavy atom. The van der Waals surface area contributed by atoms with Gasteiger partial charge in [-0.3, -0.25) is 9.59 Å². The van der Waals surface area contributed by atoms with Gasteiger partial charge in [0.15, 0.2) is 0 Å². The maximum Gasteiger partial charge on any atom is 0.272 e. The predicted octanol–water partition coefficient (Wildman–Crippen LogP) is 5.31. The molecule has 142 valence electrons. The highest BCUT2D eigenvalue weighted by molar-refractivity contribution is 9.10. The summed E-state index contributed by atoms with van der Waals surface area (Å²) in [7, 11) is 1.83. The number of rotatable bonds is 3. The summed E-state index contributed by atoms with van der Waals surface area (Å²) >= 11 is 9.33. The number of nitrogens with one attached hydrogen (secondary N) is 1. The second kappa shape index (κ2) is 7.06. The summed E-state index contributed by atoms with van der Waals surface area (Å²) in [5.74, 6) is 0.728. The van der Waals surface area contributed by atoms with Crippen molar-refractivity contribution >= 4 is 44.9 Å². The topological polar surface area (TPSA) is 51.1 Å². The van der Waals surface area contributed by atoms with Gasteiger partial charge in [0.05, 0.1) is 9.63 Å². The van der Waals surface area contributed by atoms with Crippen LogP contribution in [-0.4, -0.2) is 16.3 Å². The number of Topliss-reactive ketones (excluding diaryl/α,β-unsaturated/α-hetero) is 1. The number of nitrogens with zero attached hydrogens (tertiary/aromatic N) is 1. The average molecular weight is 454 g/mol. The van der Waals surface area contributed by atoms with E-state index in [1.165, 1.54) is 18.2 Å². The van der Waals surface area contributed by atoms with Crippen molar-refractivity contribution in [3.63, 3.8) is 0 Å². The number of aromatic nitrogens is 1. The lowest BCUT2D eigenvalue weighted by atomic mass is 9.94. The van der Waals surface area contributed by atoms with E-state index in [1.54, 1.807) is 0 Å². The van der Waals surface area contributed by atoms with Crippen molar-refractivity contribution in [2.45, 2.75) is 31.6 Å². The number of hydrogen-bond donors (Lipinski definition) is 1. The Morgan fingerprint density at radius 1 is 1.26 bits per heavy atom. The predicted molar refractivity (Wildman–Crippen MR) is 106 cm³/mol. The average Bonchev–Trinajstić information content (AvgIpc) is 3.22. The highest BCUT2D eigenvalue weighted by Gasteiger charge is 2.42. The van der Waals surface area contributed by atoms with E-state index in [2.05, 4.69) is 21.2 Å². The summed E-state index contributed by atoms with van der Waals surface area (Å²) in [5.41, 5.74) is 2.03.